The molecule has 1 amide bonds. The Hall–Kier alpha value is -1.81. The number of carbonyl (C=O) groups is 1. The van der Waals surface area contributed by atoms with Crippen molar-refractivity contribution in [1.29, 1.82) is 0 Å². The van der Waals surface area contributed by atoms with Gasteiger partial charge in [0.1, 0.15) is 5.75 Å². The van der Waals surface area contributed by atoms with Crippen molar-refractivity contribution >= 4 is 21.8 Å². The summed E-state index contributed by atoms with van der Waals surface area (Å²) in [4.78, 5) is 14.0. The van der Waals surface area contributed by atoms with Crippen LogP contribution < -0.4 is 4.74 Å². The number of likely N-dealkylation sites (N-methyl/N-ethyl adjacent to an activating group) is 1. The van der Waals surface area contributed by atoms with Crippen LogP contribution in [0.1, 0.15) is 11.1 Å². The molecule has 2 aromatic carbocycles. The quantitative estimate of drug-likeness (QED) is 0.825. The van der Waals surface area contributed by atoms with Gasteiger partial charge in [0, 0.05) is 18.1 Å². The Kier molecular flexibility index (Phi) is 5.39. The van der Waals surface area contributed by atoms with Crippen LogP contribution in [0.5, 0.6) is 5.75 Å². The maximum atomic E-state index is 12.2. The van der Waals surface area contributed by atoms with Crippen LogP contribution in [-0.4, -0.2) is 25.0 Å². The van der Waals surface area contributed by atoms with Gasteiger partial charge in [-0.3, -0.25) is 4.79 Å². The van der Waals surface area contributed by atoms with Crippen LogP contribution in [-0.2, 0) is 17.8 Å². The third-order valence-corrected chi connectivity index (χ3v) is 3.74. The van der Waals surface area contributed by atoms with Crippen LogP contribution in [0.3, 0.4) is 0 Å². The van der Waals surface area contributed by atoms with Crippen molar-refractivity contribution in [3.05, 3.63) is 64.1 Å². The average molecular weight is 348 g/mol. The average Bonchev–Trinajstić information content (AvgIpc) is 2.48. The fraction of sp³-hybridized carbons (Fsp3) is 0.235. The van der Waals surface area contributed by atoms with Crippen molar-refractivity contribution in [2.75, 3.05) is 14.2 Å². The van der Waals surface area contributed by atoms with Crippen LogP contribution in [0, 0.1) is 0 Å². The Morgan fingerprint density at radius 1 is 1.14 bits per heavy atom. The zero-order chi connectivity index (χ0) is 15.2. The third kappa shape index (κ3) is 4.60. The summed E-state index contributed by atoms with van der Waals surface area (Å²) in [6.45, 7) is 0.594. The van der Waals surface area contributed by atoms with Gasteiger partial charge in [0.2, 0.25) is 5.91 Å². The van der Waals surface area contributed by atoms with Crippen molar-refractivity contribution in [1.82, 2.24) is 4.90 Å². The minimum Gasteiger partial charge on any atom is -0.497 e. The van der Waals surface area contributed by atoms with E-state index in [2.05, 4.69) is 15.9 Å². The zero-order valence-corrected chi connectivity index (χ0v) is 13.8. The molecule has 2 aromatic rings. The molecule has 0 atom stereocenters. The SMILES string of the molecule is COc1ccc(CN(C)C(=O)Cc2cccc(Br)c2)cc1. The maximum absolute atomic E-state index is 12.2. The molecule has 0 aliphatic rings. The van der Waals surface area contributed by atoms with Crippen molar-refractivity contribution in [3.8, 4) is 5.75 Å². The first-order valence-electron chi connectivity index (χ1n) is 6.70. The Balaban J connectivity index is 1.95. The van der Waals surface area contributed by atoms with E-state index in [0.717, 1.165) is 21.3 Å². The molecule has 0 spiro atoms. The highest BCUT2D eigenvalue weighted by Crippen LogP contribution is 2.15. The van der Waals surface area contributed by atoms with Gasteiger partial charge in [0.15, 0.2) is 0 Å². The Bertz CT molecular complexity index is 610. The summed E-state index contributed by atoms with van der Waals surface area (Å²) in [5.74, 6) is 0.922. The molecule has 21 heavy (non-hydrogen) atoms. The van der Waals surface area contributed by atoms with Gasteiger partial charge in [-0.05, 0) is 35.4 Å². The summed E-state index contributed by atoms with van der Waals surface area (Å²) in [5.41, 5.74) is 2.09. The van der Waals surface area contributed by atoms with Gasteiger partial charge in [-0.2, -0.15) is 0 Å². The molecule has 0 aromatic heterocycles. The Morgan fingerprint density at radius 3 is 2.48 bits per heavy atom. The smallest absolute Gasteiger partial charge is 0.227 e. The second-order valence-corrected chi connectivity index (χ2v) is 5.82. The number of hydrogen-bond acceptors (Lipinski definition) is 2. The molecule has 4 heteroatoms. The number of halogens is 1. The zero-order valence-electron chi connectivity index (χ0n) is 12.2. The van der Waals surface area contributed by atoms with Gasteiger partial charge in [0.25, 0.3) is 0 Å². The molecule has 110 valence electrons. The highest BCUT2D eigenvalue weighted by molar-refractivity contribution is 9.10. The van der Waals surface area contributed by atoms with Crippen molar-refractivity contribution in [2.24, 2.45) is 0 Å². The second kappa shape index (κ2) is 7.27. The molecular formula is C17H18BrNO2. The molecule has 0 unspecified atom stereocenters. The summed E-state index contributed by atoms with van der Waals surface area (Å²) in [6, 6.07) is 15.6. The topological polar surface area (TPSA) is 29.5 Å². The monoisotopic (exact) mass is 347 g/mol. The van der Waals surface area contributed by atoms with Crippen LogP contribution in [0.2, 0.25) is 0 Å². The minimum atomic E-state index is 0.101. The van der Waals surface area contributed by atoms with Gasteiger partial charge in [-0.25, -0.2) is 0 Å². The summed E-state index contributed by atoms with van der Waals surface area (Å²) in [5, 5.41) is 0. The molecule has 0 radical (unpaired) electrons. The van der Waals surface area contributed by atoms with Crippen LogP contribution >= 0.6 is 15.9 Å². The molecule has 0 aliphatic carbocycles. The predicted molar refractivity (Wildman–Crippen MR) is 87.3 cm³/mol. The molecule has 0 aliphatic heterocycles. The van der Waals surface area contributed by atoms with E-state index < -0.39 is 0 Å². The van der Waals surface area contributed by atoms with E-state index in [-0.39, 0.29) is 5.91 Å². The second-order valence-electron chi connectivity index (χ2n) is 4.90. The van der Waals surface area contributed by atoms with E-state index >= 15 is 0 Å². The number of benzene rings is 2. The molecule has 3 nitrogen and oxygen atoms in total. The standard InChI is InChI=1S/C17H18BrNO2/c1-19(12-13-6-8-16(21-2)9-7-13)17(20)11-14-4-3-5-15(18)10-14/h3-10H,11-12H2,1-2H3. The lowest BCUT2D eigenvalue weighted by Crippen LogP contribution is -2.27. The van der Waals surface area contributed by atoms with E-state index in [4.69, 9.17) is 4.74 Å². The Labute approximate surface area is 133 Å². The number of rotatable bonds is 5. The number of hydrogen-bond donors (Lipinski definition) is 0. The van der Waals surface area contributed by atoms with Gasteiger partial charge < -0.3 is 9.64 Å². The highest BCUT2D eigenvalue weighted by Gasteiger charge is 2.10. The molecule has 0 bridgehead atoms. The molecule has 0 fully saturated rings. The number of carbonyl (C=O) groups excluding carboxylic acids is 1. The van der Waals surface area contributed by atoms with Crippen molar-refractivity contribution < 1.29 is 9.53 Å². The highest BCUT2D eigenvalue weighted by atomic mass is 79.9. The van der Waals surface area contributed by atoms with Gasteiger partial charge in [0.05, 0.1) is 13.5 Å². The lowest BCUT2D eigenvalue weighted by atomic mass is 10.1. The number of ether oxygens (including phenoxy) is 1. The normalized spacial score (nSPS) is 10.2. The first-order chi connectivity index (χ1) is 10.1. The number of amides is 1. The third-order valence-electron chi connectivity index (χ3n) is 3.25. The van der Waals surface area contributed by atoms with E-state index in [1.54, 1.807) is 12.0 Å². The van der Waals surface area contributed by atoms with Gasteiger partial charge in [-0.15, -0.1) is 0 Å². The predicted octanol–water partition coefficient (Wildman–Crippen LogP) is 3.66. The molecule has 2 rings (SSSR count). The number of methoxy groups -OCH3 is 1. The first-order valence-corrected chi connectivity index (χ1v) is 7.49. The van der Waals surface area contributed by atoms with E-state index in [9.17, 15) is 4.79 Å². The van der Waals surface area contributed by atoms with E-state index in [1.165, 1.54) is 0 Å². The molecule has 0 N–H and O–H groups in total. The fourth-order valence-corrected chi connectivity index (χ4v) is 2.50. The molecule has 0 heterocycles. The van der Waals surface area contributed by atoms with Crippen molar-refractivity contribution in [2.45, 2.75) is 13.0 Å². The number of nitrogens with zero attached hydrogens (tertiary/aromatic N) is 1. The van der Waals surface area contributed by atoms with Crippen LogP contribution in [0.25, 0.3) is 0 Å². The van der Waals surface area contributed by atoms with Gasteiger partial charge in [-0.1, -0.05) is 40.2 Å². The van der Waals surface area contributed by atoms with Crippen LogP contribution in [0.15, 0.2) is 53.0 Å². The molecule has 0 saturated heterocycles. The van der Waals surface area contributed by atoms with E-state index in [1.807, 2.05) is 55.6 Å². The maximum Gasteiger partial charge on any atom is 0.227 e. The largest absolute Gasteiger partial charge is 0.497 e. The van der Waals surface area contributed by atoms with Crippen molar-refractivity contribution in [3.63, 3.8) is 0 Å². The van der Waals surface area contributed by atoms with E-state index in [0.29, 0.717) is 13.0 Å². The fourth-order valence-electron chi connectivity index (χ4n) is 2.05. The molecular weight excluding hydrogens is 330 g/mol. The summed E-state index contributed by atoms with van der Waals surface area (Å²) in [7, 11) is 3.47. The summed E-state index contributed by atoms with van der Waals surface area (Å²) >= 11 is 3.42. The summed E-state index contributed by atoms with van der Waals surface area (Å²) in [6.07, 6.45) is 0.409. The summed E-state index contributed by atoms with van der Waals surface area (Å²) < 4.78 is 6.12. The van der Waals surface area contributed by atoms with Crippen LogP contribution in [0.4, 0.5) is 0 Å². The Morgan fingerprint density at radius 2 is 1.86 bits per heavy atom. The molecule has 0 saturated carbocycles. The van der Waals surface area contributed by atoms with Gasteiger partial charge >= 0.3 is 0 Å². The first kappa shape index (κ1) is 15.6. The lowest BCUT2D eigenvalue weighted by molar-refractivity contribution is -0.129. The minimum absolute atomic E-state index is 0.101. The lowest BCUT2D eigenvalue weighted by Gasteiger charge is -2.17.